The van der Waals surface area contributed by atoms with E-state index in [4.69, 9.17) is 21.1 Å². The molecule has 54 heavy (non-hydrogen) atoms. The number of nitrogens with one attached hydrogen (secondary N) is 2. The largest absolute Gasteiger partial charge is 0.392 e. The fourth-order valence-corrected chi connectivity index (χ4v) is 7.61. The highest BCUT2D eigenvalue weighted by Crippen LogP contribution is 2.43. The van der Waals surface area contributed by atoms with Gasteiger partial charge in [0.15, 0.2) is 6.29 Å². The molecular weight excluding hydrogens is 698 g/mol. The first-order valence-electron chi connectivity index (χ1n) is 18.7. The molecule has 0 bridgehead atoms. The molecule has 0 unspecified atom stereocenters. The Hall–Kier alpha value is -4.54. The van der Waals surface area contributed by atoms with E-state index in [1.165, 1.54) is 0 Å². The van der Waals surface area contributed by atoms with Gasteiger partial charge < -0.3 is 35.2 Å². The predicted molar refractivity (Wildman–Crippen MR) is 211 cm³/mol. The second kappa shape index (κ2) is 17.3. The van der Waals surface area contributed by atoms with Crippen molar-refractivity contribution in [1.29, 1.82) is 0 Å². The maximum absolute atomic E-state index is 12.5. The quantitative estimate of drug-likeness (QED) is 0.109. The lowest BCUT2D eigenvalue weighted by molar-refractivity contribution is -0.277. The van der Waals surface area contributed by atoms with Crippen LogP contribution in [0.25, 0.3) is 11.1 Å². The molecule has 0 saturated carbocycles. The third-order valence-corrected chi connectivity index (χ3v) is 11.0. The number of carbonyl (C=O) groups excluding carboxylic acids is 1. The van der Waals surface area contributed by atoms with E-state index in [0.29, 0.717) is 37.5 Å². The van der Waals surface area contributed by atoms with Crippen LogP contribution in [0.15, 0.2) is 127 Å². The third-order valence-electron chi connectivity index (χ3n) is 10.8. The monoisotopic (exact) mass is 745 g/mol. The molecule has 9 heteroatoms. The number of aliphatic hydroxyl groups is 2. The number of hydrogen-bond acceptors (Lipinski definition) is 6. The molecule has 0 aromatic heterocycles. The van der Waals surface area contributed by atoms with E-state index >= 15 is 0 Å². The molecule has 280 valence electrons. The minimum atomic E-state index is -0.884. The molecule has 0 radical (unpaired) electrons. The summed E-state index contributed by atoms with van der Waals surface area (Å²) in [5.74, 6) is 0.0376. The van der Waals surface area contributed by atoms with Gasteiger partial charge in [-0.15, -0.1) is 0 Å². The average Bonchev–Trinajstić information content (AvgIpc) is 3.21. The summed E-state index contributed by atoms with van der Waals surface area (Å²) >= 11 is 6.12. The topological polar surface area (TPSA) is 103 Å². The maximum Gasteiger partial charge on any atom is 0.315 e. The maximum atomic E-state index is 12.5. The summed E-state index contributed by atoms with van der Waals surface area (Å²) in [6.45, 7) is 5.20. The summed E-state index contributed by atoms with van der Waals surface area (Å²) < 4.78 is 13.6. The van der Waals surface area contributed by atoms with Crippen molar-refractivity contribution in [2.45, 2.75) is 63.6 Å². The van der Waals surface area contributed by atoms with Gasteiger partial charge in [0, 0.05) is 49.2 Å². The first kappa shape index (κ1) is 37.8. The standard InChI is InChI=1S/C45H48ClN3O5/c1-31-41(29-49-23-21-45(52,22-24-49)39-17-19-40(46)20-18-39)53-43(54-42(31)35-15-13-33(30-50)14-16-35)38-12-6-11-37(26-38)36-10-5-9-34(25-36)28-48-44(51)47-27-32-7-3-2-4-8-32/h2-20,25-26,31,41-43,50,52H,21-24,27-30H2,1H3,(H2,47,48,51)/t31-,41+,42+,43+/m0/s1. The zero-order chi connectivity index (χ0) is 37.5. The Morgan fingerprint density at radius 2 is 1.41 bits per heavy atom. The van der Waals surface area contributed by atoms with Crippen LogP contribution in [0.2, 0.25) is 5.02 Å². The highest BCUT2D eigenvalue weighted by Gasteiger charge is 2.41. The molecule has 5 aromatic carbocycles. The number of halogens is 1. The molecule has 8 nitrogen and oxygen atoms in total. The van der Waals surface area contributed by atoms with Crippen LogP contribution in [0.5, 0.6) is 0 Å². The molecule has 2 saturated heterocycles. The summed E-state index contributed by atoms with van der Waals surface area (Å²) in [5, 5.41) is 27.8. The van der Waals surface area contributed by atoms with Gasteiger partial charge in [-0.1, -0.05) is 122 Å². The molecule has 2 fully saturated rings. The summed E-state index contributed by atoms with van der Waals surface area (Å²) in [5.41, 5.74) is 6.91. The SMILES string of the molecule is C[C@H]1[C@@H](CN2CCC(O)(c3ccc(Cl)cc3)CC2)O[C@@H](c2cccc(-c3cccc(CNC(=O)NCc4ccccc4)c3)c2)O[C@H]1c1ccc(CO)cc1. The Bertz CT molecular complexity index is 1980. The lowest BCUT2D eigenvalue weighted by Crippen LogP contribution is -2.49. The molecule has 2 heterocycles. The van der Waals surface area contributed by atoms with E-state index in [2.05, 4.69) is 46.7 Å². The van der Waals surface area contributed by atoms with Crippen LogP contribution in [0.4, 0.5) is 4.79 Å². The summed E-state index contributed by atoms with van der Waals surface area (Å²) in [6.07, 6.45) is 0.262. The van der Waals surface area contributed by atoms with Gasteiger partial charge in [-0.2, -0.15) is 0 Å². The number of piperidine rings is 1. The predicted octanol–water partition coefficient (Wildman–Crippen LogP) is 8.27. The average molecular weight is 746 g/mol. The van der Waals surface area contributed by atoms with Gasteiger partial charge in [0.2, 0.25) is 0 Å². The minimum absolute atomic E-state index is 0.0153. The van der Waals surface area contributed by atoms with E-state index < -0.39 is 11.9 Å². The number of ether oxygens (including phenoxy) is 2. The number of aliphatic hydroxyl groups excluding tert-OH is 1. The normalized spacial score (nSPS) is 21.3. The molecule has 7 rings (SSSR count). The Balaban J connectivity index is 1.05. The van der Waals surface area contributed by atoms with E-state index in [1.54, 1.807) is 0 Å². The summed E-state index contributed by atoms with van der Waals surface area (Å²) in [6, 6.07) is 41.6. The zero-order valence-electron chi connectivity index (χ0n) is 30.5. The lowest BCUT2D eigenvalue weighted by Gasteiger charge is -2.45. The van der Waals surface area contributed by atoms with Crippen molar-refractivity contribution in [3.8, 4) is 11.1 Å². The molecule has 4 N–H and O–H groups in total. The van der Waals surface area contributed by atoms with Crippen LogP contribution in [0, 0.1) is 5.92 Å². The highest BCUT2D eigenvalue weighted by atomic mass is 35.5. The van der Waals surface area contributed by atoms with Crippen molar-refractivity contribution in [2.75, 3.05) is 19.6 Å². The van der Waals surface area contributed by atoms with Gasteiger partial charge in [-0.05, 0) is 76.1 Å². The number of amides is 2. The zero-order valence-corrected chi connectivity index (χ0v) is 31.3. The highest BCUT2D eigenvalue weighted by molar-refractivity contribution is 6.30. The lowest BCUT2D eigenvalue weighted by atomic mass is 9.84. The van der Waals surface area contributed by atoms with Crippen LogP contribution in [0.3, 0.4) is 0 Å². The van der Waals surface area contributed by atoms with Crippen molar-refractivity contribution in [1.82, 2.24) is 15.5 Å². The van der Waals surface area contributed by atoms with E-state index in [0.717, 1.165) is 57.6 Å². The molecular formula is C45H48ClN3O5. The Kier molecular flexibility index (Phi) is 12.1. The summed E-state index contributed by atoms with van der Waals surface area (Å²) in [7, 11) is 0. The van der Waals surface area contributed by atoms with Gasteiger partial charge in [0.05, 0.1) is 24.4 Å². The molecule has 0 spiro atoms. The second-order valence-corrected chi connectivity index (χ2v) is 14.9. The van der Waals surface area contributed by atoms with Crippen LogP contribution in [0.1, 0.15) is 65.5 Å². The van der Waals surface area contributed by atoms with Gasteiger partial charge >= 0.3 is 6.03 Å². The first-order chi connectivity index (χ1) is 26.3. The second-order valence-electron chi connectivity index (χ2n) is 14.5. The third kappa shape index (κ3) is 9.21. The Morgan fingerprint density at radius 1 is 0.759 bits per heavy atom. The number of urea groups is 1. The fourth-order valence-electron chi connectivity index (χ4n) is 7.49. The number of hydrogen-bond donors (Lipinski definition) is 4. The first-order valence-corrected chi connectivity index (χ1v) is 19.1. The molecule has 2 amide bonds. The van der Waals surface area contributed by atoms with Crippen LogP contribution in [-0.2, 0) is 34.8 Å². The molecule has 0 aliphatic carbocycles. The van der Waals surface area contributed by atoms with E-state index in [1.807, 2.05) is 103 Å². The number of benzene rings is 5. The number of rotatable bonds is 11. The van der Waals surface area contributed by atoms with Gasteiger partial charge in [0.25, 0.3) is 0 Å². The molecule has 2 aliphatic heterocycles. The molecule has 5 aromatic rings. The fraction of sp³-hybridized carbons (Fsp3) is 0.311. The number of nitrogens with zero attached hydrogens (tertiary/aromatic N) is 1. The minimum Gasteiger partial charge on any atom is -0.392 e. The van der Waals surface area contributed by atoms with Crippen LogP contribution >= 0.6 is 11.6 Å². The van der Waals surface area contributed by atoms with Crippen molar-refractivity contribution < 1.29 is 24.5 Å². The number of carbonyl (C=O) groups is 1. The van der Waals surface area contributed by atoms with Crippen molar-refractivity contribution in [3.63, 3.8) is 0 Å². The Morgan fingerprint density at radius 3 is 2.11 bits per heavy atom. The molecule has 2 aliphatic rings. The van der Waals surface area contributed by atoms with Crippen molar-refractivity contribution >= 4 is 17.6 Å². The van der Waals surface area contributed by atoms with Crippen LogP contribution in [-0.4, -0.2) is 46.9 Å². The van der Waals surface area contributed by atoms with Gasteiger partial charge in [-0.3, -0.25) is 0 Å². The van der Waals surface area contributed by atoms with E-state index in [9.17, 15) is 15.0 Å². The Labute approximate surface area is 322 Å². The molecule has 4 atom stereocenters. The van der Waals surface area contributed by atoms with Gasteiger partial charge in [-0.25, -0.2) is 4.79 Å². The van der Waals surface area contributed by atoms with Crippen molar-refractivity contribution in [2.24, 2.45) is 5.92 Å². The smallest absolute Gasteiger partial charge is 0.315 e. The summed E-state index contributed by atoms with van der Waals surface area (Å²) in [4.78, 5) is 14.9. The van der Waals surface area contributed by atoms with Gasteiger partial charge in [0.1, 0.15) is 0 Å². The van der Waals surface area contributed by atoms with Crippen LogP contribution < -0.4 is 10.6 Å². The van der Waals surface area contributed by atoms with E-state index in [-0.39, 0.29) is 30.8 Å². The van der Waals surface area contributed by atoms with Crippen molar-refractivity contribution in [3.05, 3.63) is 166 Å². The number of likely N-dealkylation sites (tertiary alicyclic amines) is 1.